The van der Waals surface area contributed by atoms with Crippen molar-refractivity contribution in [3.8, 4) is 0 Å². The molecule has 0 bridgehead atoms. The van der Waals surface area contributed by atoms with Gasteiger partial charge in [-0.05, 0) is 33.6 Å². The van der Waals surface area contributed by atoms with Crippen molar-refractivity contribution in [2.75, 3.05) is 18.5 Å². The monoisotopic (exact) mass is 296 g/mol. The lowest BCUT2D eigenvalue weighted by atomic mass is 10.1. The molecule has 1 amide bonds. The highest BCUT2D eigenvalue weighted by Crippen LogP contribution is 2.15. The summed E-state index contributed by atoms with van der Waals surface area (Å²) < 4.78 is 10.6. The average molecular weight is 296 g/mol. The Morgan fingerprint density at radius 3 is 2.86 bits per heavy atom. The molecule has 0 saturated carbocycles. The smallest absolute Gasteiger partial charge is 0.413 e. The van der Waals surface area contributed by atoms with E-state index in [2.05, 4.69) is 20.8 Å². The molecule has 7 heteroatoms. The summed E-state index contributed by atoms with van der Waals surface area (Å²) in [6, 6.07) is 0.447. The highest BCUT2D eigenvalue weighted by atomic mass is 16.6. The number of hydrogen-bond acceptors (Lipinski definition) is 5. The van der Waals surface area contributed by atoms with Gasteiger partial charge in [0.1, 0.15) is 11.4 Å². The van der Waals surface area contributed by atoms with Crippen LogP contribution in [0, 0.1) is 0 Å². The summed E-state index contributed by atoms with van der Waals surface area (Å²) in [5.41, 5.74) is 0.386. The molecule has 3 N–H and O–H groups in total. The molecule has 0 radical (unpaired) electrons. The van der Waals surface area contributed by atoms with Gasteiger partial charge in [0.2, 0.25) is 0 Å². The topological polar surface area (TPSA) is 88.3 Å². The van der Waals surface area contributed by atoms with Crippen LogP contribution in [0.5, 0.6) is 0 Å². The Hall–Kier alpha value is -1.60. The molecule has 1 fully saturated rings. The maximum Gasteiger partial charge on any atom is 0.413 e. The number of aromatic amines is 1. The van der Waals surface area contributed by atoms with Gasteiger partial charge < -0.3 is 14.8 Å². The fourth-order valence-electron chi connectivity index (χ4n) is 2.12. The van der Waals surface area contributed by atoms with E-state index in [9.17, 15) is 4.79 Å². The normalized spacial score (nSPS) is 16.7. The molecule has 1 aromatic heterocycles. The quantitative estimate of drug-likeness (QED) is 0.791. The molecule has 1 aliphatic rings. The number of hydrogen-bond donors (Lipinski definition) is 3. The summed E-state index contributed by atoms with van der Waals surface area (Å²) in [7, 11) is 0. The summed E-state index contributed by atoms with van der Waals surface area (Å²) in [5.74, 6) is 0.573. The highest BCUT2D eigenvalue weighted by molar-refractivity contribution is 5.84. The molecule has 0 aromatic carbocycles. The van der Waals surface area contributed by atoms with E-state index < -0.39 is 11.7 Å². The number of carbonyl (C=O) groups is 1. The minimum Gasteiger partial charge on any atom is -0.444 e. The molecule has 118 valence electrons. The summed E-state index contributed by atoms with van der Waals surface area (Å²) in [4.78, 5) is 11.8. The van der Waals surface area contributed by atoms with Gasteiger partial charge >= 0.3 is 6.09 Å². The minimum atomic E-state index is -0.523. The molecule has 21 heavy (non-hydrogen) atoms. The number of rotatable bonds is 4. The largest absolute Gasteiger partial charge is 0.444 e. The molecular formula is C14H24N4O3. The fraction of sp³-hybridized carbons (Fsp3) is 0.714. The molecule has 0 aliphatic carbocycles. The SMILES string of the molecule is CC(C)(C)OC(=O)Nc1[nH]ncc1CNC1CCOCC1. The first-order chi connectivity index (χ1) is 9.94. The third-order valence-corrected chi connectivity index (χ3v) is 3.15. The van der Waals surface area contributed by atoms with E-state index in [4.69, 9.17) is 9.47 Å². The van der Waals surface area contributed by atoms with Crippen molar-refractivity contribution in [3.05, 3.63) is 11.8 Å². The zero-order chi connectivity index (χ0) is 15.3. The Morgan fingerprint density at radius 1 is 1.48 bits per heavy atom. The van der Waals surface area contributed by atoms with E-state index in [1.165, 1.54) is 0 Å². The first-order valence-electron chi connectivity index (χ1n) is 7.27. The molecule has 7 nitrogen and oxygen atoms in total. The van der Waals surface area contributed by atoms with Crippen LogP contribution in [-0.2, 0) is 16.0 Å². The van der Waals surface area contributed by atoms with E-state index in [0.717, 1.165) is 31.6 Å². The Kier molecular flexibility index (Phi) is 5.19. The van der Waals surface area contributed by atoms with Gasteiger partial charge in [-0.25, -0.2) is 4.79 Å². The molecule has 1 aliphatic heterocycles. The molecule has 2 rings (SSSR count). The second kappa shape index (κ2) is 6.91. The lowest BCUT2D eigenvalue weighted by Crippen LogP contribution is -2.34. The second-order valence-corrected chi connectivity index (χ2v) is 6.16. The van der Waals surface area contributed by atoms with Crippen LogP contribution in [0.1, 0.15) is 39.2 Å². The van der Waals surface area contributed by atoms with Gasteiger partial charge in [0.25, 0.3) is 0 Å². The summed E-state index contributed by atoms with van der Waals surface area (Å²) in [6.07, 6.45) is 3.23. The Morgan fingerprint density at radius 2 is 2.19 bits per heavy atom. The van der Waals surface area contributed by atoms with Gasteiger partial charge in [-0.1, -0.05) is 0 Å². The van der Waals surface area contributed by atoms with Crippen LogP contribution in [0.25, 0.3) is 0 Å². The number of anilines is 1. The zero-order valence-corrected chi connectivity index (χ0v) is 12.9. The number of ether oxygens (including phenoxy) is 2. The van der Waals surface area contributed by atoms with Crippen LogP contribution in [0.15, 0.2) is 6.20 Å². The highest BCUT2D eigenvalue weighted by Gasteiger charge is 2.19. The van der Waals surface area contributed by atoms with Crippen molar-refractivity contribution in [1.82, 2.24) is 15.5 Å². The third-order valence-electron chi connectivity index (χ3n) is 3.15. The van der Waals surface area contributed by atoms with Crippen LogP contribution < -0.4 is 10.6 Å². The number of H-pyrrole nitrogens is 1. The Labute approximate surface area is 124 Å². The van der Waals surface area contributed by atoms with Crippen molar-refractivity contribution in [3.63, 3.8) is 0 Å². The van der Waals surface area contributed by atoms with Gasteiger partial charge in [-0.15, -0.1) is 0 Å². The van der Waals surface area contributed by atoms with Gasteiger partial charge in [-0.3, -0.25) is 10.4 Å². The molecule has 0 atom stereocenters. The first-order valence-corrected chi connectivity index (χ1v) is 7.27. The number of carbonyl (C=O) groups excluding carboxylic acids is 1. The number of nitrogens with one attached hydrogen (secondary N) is 3. The number of aromatic nitrogens is 2. The third kappa shape index (κ3) is 5.35. The maximum atomic E-state index is 11.8. The molecule has 0 spiro atoms. The van der Waals surface area contributed by atoms with Crippen LogP contribution in [-0.4, -0.2) is 41.1 Å². The molecule has 2 heterocycles. The standard InChI is InChI=1S/C14H24N4O3/c1-14(2,3)21-13(19)17-12-10(9-16-18-12)8-15-11-4-6-20-7-5-11/h9,11,15H,4-8H2,1-3H3,(H2,16,17,18,19). The van der Waals surface area contributed by atoms with Crippen LogP contribution >= 0.6 is 0 Å². The predicted octanol–water partition coefficient (Wildman–Crippen LogP) is 2.03. The fourth-order valence-corrected chi connectivity index (χ4v) is 2.12. The number of amides is 1. The van der Waals surface area contributed by atoms with E-state index in [1.807, 2.05) is 20.8 Å². The maximum absolute atomic E-state index is 11.8. The van der Waals surface area contributed by atoms with E-state index >= 15 is 0 Å². The van der Waals surface area contributed by atoms with Crippen molar-refractivity contribution in [2.45, 2.75) is 51.8 Å². The van der Waals surface area contributed by atoms with Gasteiger partial charge in [0.05, 0.1) is 6.20 Å². The first kappa shape index (κ1) is 15.8. The van der Waals surface area contributed by atoms with Crippen LogP contribution in [0.4, 0.5) is 10.6 Å². The van der Waals surface area contributed by atoms with Crippen molar-refractivity contribution >= 4 is 11.9 Å². The van der Waals surface area contributed by atoms with Gasteiger partial charge in [0, 0.05) is 31.4 Å². The number of nitrogens with zero attached hydrogens (tertiary/aromatic N) is 1. The van der Waals surface area contributed by atoms with Gasteiger partial charge in [0.15, 0.2) is 0 Å². The van der Waals surface area contributed by atoms with Crippen LogP contribution in [0.3, 0.4) is 0 Å². The van der Waals surface area contributed by atoms with E-state index in [0.29, 0.717) is 18.4 Å². The van der Waals surface area contributed by atoms with Crippen molar-refractivity contribution in [1.29, 1.82) is 0 Å². The molecule has 1 saturated heterocycles. The van der Waals surface area contributed by atoms with Crippen molar-refractivity contribution < 1.29 is 14.3 Å². The van der Waals surface area contributed by atoms with Crippen LogP contribution in [0.2, 0.25) is 0 Å². The summed E-state index contributed by atoms with van der Waals surface area (Å²) >= 11 is 0. The summed E-state index contributed by atoms with van der Waals surface area (Å²) in [6.45, 7) is 7.72. The lowest BCUT2D eigenvalue weighted by molar-refractivity contribution is 0.0635. The molecule has 0 unspecified atom stereocenters. The Balaban J connectivity index is 1.84. The van der Waals surface area contributed by atoms with Gasteiger partial charge in [-0.2, -0.15) is 5.10 Å². The lowest BCUT2D eigenvalue weighted by Gasteiger charge is -2.23. The minimum absolute atomic E-state index is 0.447. The second-order valence-electron chi connectivity index (χ2n) is 6.16. The van der Waals surface area contributed by atoms with E-state index in [-0.39, 0.29) is 0 Å². The molecular weight excluding hydrogens is 272 g/mol. The predicted molar refractivity (Wildman–Crippen MR) is 79.1 cm³/mol. The summed E-state index contributed by atoms with van der Waals surface area (Å²) in [5, 5.41) is 12.9. The zero-order valence-electron chi connectivity index (χ0n) is 12.9. The Bertz CT molecular complexity index is 461. The molecule has 1 aromatic rings. The van der Waals surface area contributed by atoms with Crippen molar-refractivity contribution in [2.24, 2.45) is 0 Å². The van der Waals surface area contributed by atoms with E-state index in [1.54, 1.807) is 6.20 Å². The average Bonchev–Trinajstić information content (AvgIpc) is 2.82.